The fourth-order valence-electron chi connectivity index (χ4n) is 6.46. The Hall–Kier alpha value is -3.00. The van der Waals surface area contributed by atoms with Crippen molar-refractivity contribution in [1.82, 2.24) is 25.0 Å². The first kappa shape index (κ1) is 32.0. The monoisotopic (exact) mass is 656 g/mol. The molecule has 1 unspecified atom stereocenters. The molecule has 4 heterocycles. The number of likely N-dealkylation sites (tertiary alicyclic amines) is 1. The number of ether oxygens (including phenoxy) is 2. The van der Waals surface area contributed by atoms with Crippen molar-refractivity contribution < 1.29 is 22.7 Å². The molecular weight excluding hydrogens is 613 g/mol. The number of aromatic nitrogens is 3. The van der Waals surface area contributed by atoms with Crippen molar-refractivity contribution in [3.8, 4) is 10.4 Å². The van der Waals surface area contributed by atoms with Gasteiger partial charge in [0, 0.05) is 60.9 Å². The molecule has 2 aliphatic heterocycles. The SMILES string of the molecule is Cc1cc(Nc2ccc(-c3cnc(C4CCC(NC(=O)OC(C)C)CC4)s3)c(S(=O)(=O)C3CN(C)C3)c2)nn1C1CCCCO1. The molecule has 2 aromatic heterocycles. The van der Waals surface area contributed by atoms with Crippen LogP contribution < -0.4 is 10.6 Å². The predicted octanol–water partition coefficient (Wildman–Crippen LogP) is 6.01. The highest BCUT2D eigenvalue weighted by molar-refractivity contribution is 7.92. The minimum absolute atomic E-state index is 0.0727. The van der Waals surface area contributed by atoms with Crippen molar-refractivity contribution in [3.63, 3.8) is 0 Å². The van der Waals surface area contributed by atoms with E-state index in [1.54, 1.807) is 17.4 Å². The molecule has 6 rings (SSSR count). The van der Waals surface area contributed by atoms with Crippen molar-refractivity contribution in [3.05, 3.63) is 41.2 Å². The summed E-state index contributed by atoms with van der Waals surface area (Å²) in [6.45, 7) is 7.45. The summed E-state index contributed by atoms with van der Waals surface area (Å²) >= 11 is 1.57. The van der Waals surface area contributed by atoms with Crippen LogP contribution >= 0.6 is 11.3 Å². The van der Waals surface area contributed by atoms with Crippen molar-refractivity contribution in [2.24, 2.45) is 0 Å². The number of thiazole rings is 1. The van der Waals surface area contributed by atoms with E-state index in [0.29, 0.717) is 35.1 Å². The number of anilines is 2. The third-order valence-corrected chi connectivity index (χ3v) is 12.2. The van der Waals surface area contributed by atoms with E-state index in [1.807, 2.05) is 61.8 Å². The molecule has 1 amide bonds. The van der Waals surface area contributed by atoms with Crippen molar-refractivity contribution in [2.75, 3.05) is 32.1 Å². The third kappa shape index (κ3) is 7.21. The van der Waals surface area contributed by atoms with Gasteiger partial charge in [-0.15, -0.1) is 11.3 Å². The molecule has 2 saturated heterocycles. The molecule has 3 aromatic rings. The van der Waals surface area contributed by atoms with E-state index in [9.17, 15) is 13.2 Å². The highest BCUT2D eigenvalue weighted by Crippen LogP contribution is 2.41. The smallest absolute Gasteiger partial charge is 0.407 e. The van der Waals surface area contributed by atoms with E-state index in [1.165, 1.54) is 0 Å². The molecule has 3 aliphatic rings. The molecule has 1 aliphatic carbocycles. The molecule has 244 valence electrons. The first-order valence-corrected chi connectivity index (χ1v) is 18.4. The number of carbonyl (C=O) groups excluding carboxylic acids is 1. The summed E-state index contributed by atoms with van der Waals surface area (Å²) in [7, 11) is -1.66. The van der Waals surface area contributed by atoms with Gasteiger partial charge in [0.15, 0.2) is 21.9 Å². The lowest BCUT2D eigenvalue weighted by atomic mass is 9.86. The van der Waals surface area contributed by atoms with Crippen LogP contribution in [0.3, 0.4) is 0 Å². The highest BCUT2D eigenvalue weighted by atomic mass is 32.2. The van der Waals surface area contributed by atoms with Crippen LogP contribution in [0.5, 0.6) is 0 Å². The van der Waals surface area contributed by atoms with Gasteiger partial charge >= 0.3 is 6.09 Å². The minimum Gasteiger partial charge on any atom is -0.447 e. The third-order valence-electron chi connectivity index (χ3n) is 8.91. The maximum atomic E-state index is 14.0. The largest absolute Gasteiger partial charge is 0.447 e. The Morgan fingerprint density at radius 3 is 2.58 bits per heavy atom. The fraction of sp³-hybridized carbons (Fsp3) is 0.594. The van der Waals surface area contributed by atoms with Crippen molar-refractivity contribution >= 4 is 38.8 Å². The van der Waals surface area contributed by atoms with E-state index in [0.717, 1.165) is 67.1 Å². The summed E-state index contributed by atoms with van der Waals surface area (Å²) in [5.74, 6) is 0.930. The second-order valence-electron chi connectivity index (χ2n) is 12.9. The van der Waals surface area contributed by atoms with Gasteiger partial charge in [0.2, 0.25) is 0 Å². The second-order valence-corrected chi connectivity index (χ2v) is 16.1. The summed E-state index contributed by atoms with van der Waals surface area (Å²) in [4.78, 5) is 20.0. The summed E-state index contributed by atoms with van der Waals surface area (Å²) in [5.41, 5.74) is 2.34. The maximum absolute atomic E-state index is 14.0. The molecule has 0 bridgehead atoms. The average molecular weight is 657 g/mol. The zero-order chi connectivity index (χ0) is 31.7. The summed E-state index contributed by atoms with van der Waals surface area (Å²) in [6, 6.07) is 7.62. The zero-order valence-electron chi connectivity index (χ0n) is 26.5. The maximum Gasteiger partial charge on any atom is 0.407 e. The number of nitrogens with one attached hydrogen (secondary N) is 2. The average Bonchev–Trinajstić information content (AvgIpc) is 3.63. The van der Waals surface area contributed by atoms with E-state index in [-0.39, 0.29) is 30.4 Å². The van der Waals surface area contributed by atoms with Gasteiger partial charge in [-0.25, -0.2) is 22.9 Å². The number of hydrogen-bond acceptors (Lipinski definition) is 10. The Balaban J connectivity index is 1.21. The number of hydrogen-bond donors (Lipinski definition) is 2. The minimum atomic E-state index is -3.59. The molecule has 3 fully saturated rings. The normalized spacial score (nSPS) is 23.1. The first-order chi connectivity index (χ1) is 21.6. The number of carbonyl (C=O) groups is 1. The zero-order valence-corrected chi connectivity index (χ0v) is 28.1. The first-order valence-electron chi connectivity index (χ1n) is 16.0. The lowest BCUT2D eigenvalue weighted by Crippen LogP contribution is -2.52. The highest BCUT2D eigenvalue weighted by Gasteiger charge is 2.38. The Morgan fingerprint density at radius 1 is 1.11 bits per heavy atom. The molecule has 1 aromatic carbocycles. The molecule has 2 N–H and O–H groups in total. The van der Waals surface area contributed by atoms with Gasteiger partial charge in [0.25, 0.3) is 0 Å². The van der Waals surface area contributed by atoms with Crippen molar-refractivity contribution in [2.45, 2.75) is 100 Å². The van der Waals surface area contributed by atoms with Gasteiger partial charge < -0.3 is 25.0 Å². The number of rotatable bonds is 9. The molecule has 1 atom stereocenters. The van der Waals surface area contributed by atoms with E-state index >= 15 is 0 Å². The molecule has 45 heavy (non-hydrogen) atoms. The quantitative estimate of drug-likeness (QED) is 0.285. The Morgan fingerprint density at radius 2 is 1.89 bits per heavy atom. The molecule has 0 radical (unpaired) electrons. The van der Waals surface area contributed by atoms with Crippen LogP contribution in [0.2, 0.25) is 0 Å². The molecule has 11 nitrogen and oxygen atoms in total. The van der Waals surface area contributed by atoms with Crippen LogP contribution in [0.25, 0.3) is 10.4 Å². The Labute approximate surface area is 269 Å². The van der Waals surface area contributed by atoms with Crippen LogP contribution in [-0.4, -0.2) is 78.3 Å². The number of amides is 1. The van der Waals surface area contributed by atoms with E-state index in [4.69, 9.17) is 19.6 Å². The standard InChI is InChI=1S/C32H44N6O5S2/c1-20(2)43-32(39)35-23-10-8-22(9-11-23)31-33-17-27(44-31)26-13-12-24(16-28(26)45(40,41)25-18-37(4)19-25)34-29-15-21(3)38(36-29)30-7-5-6-14-42-30/h12-13,15-17,20,22-23,25,30H,5-11,14,18-19H2,1-4H3,(H,34,36)(H,35,39). The number of sulfone groups is 1. The molecule has 13 heteroatoms. The van der Waals surface area contributed by atoms with E-state index in [2.05, 4.69) is 10.6 Å². The van der Waals surface area contributed by atoms with Crippen molar-refractivity contribution in [1.29, 1.82) is 0 Å². The van der Waals surface area contributed by atoms with Gasteiger partial charge in [0.1, 0.15) is 0 Å². The Bertz CT molecular complexity index is 1600. The summed E-state index contributed by atoms with van der Waals surface area (Å²) in [6.07, 6.45) is 7.84. The van der Waals surface area contributed by atoms with Gasteiger partial charge in [-0.1, -0.05) is 6.07 Å². The number of alkyl carbamates (subject to hydrolysis) is 1. The number of aryl methyl sites for hydroxylation is 1. The van der Waals surface area contributed by atoms with Gasteiger partial charge in [-0.2, -0.15) is 5.10 Å². The fourth-order valence-corrected chi connectivity index (χ4v) is 9.69. The Kier molecular flexibility index (Phi) is 9.51. The van der Waals surface area contributed by atoms with Gasteiger partial charge in [-0.3, -0.25) is 0 Å². The topological polar surface area (TPSA) is 128 Å². The number of benzene rings is 1. The van der Waals surface area contributed by atoms with Crippen LogP contribution in [-0.2, 0) is 19.3 Å². The van der Waals surface area contributed by atoms with Crippen LogP contribution in [0.4, 0.5) is 16.3 Å². The van der Waals surface area contributed by atoms with E-state index < -0.39 is 15.1 Å². The van der Waals surface area contributed by atoms with Crippen LogP contribution in [0.15, 0.2) is 35.4 Å². The molecule has 0 spiro atoms. The summed E-state index contributed by atoms with van der Waals surface area (Å²) in [5, 5.41) is 11.6. The lowest BCUT2D eigenvalue weighted by molar-refractivity contribution is -0.0404. The van der Waals surface area contributed by atoms with Gasteiger partial charge in [-0.05, 0) is 84.9 Å². The lowest BCUT2D eigenvalue weighted by Gasteiger charge is -2.35. The second kappa shape index (κ2) is 13.4. The molecule has 1 saturated carbocycles. The number of nitrogens with zero attached hydrogens (tertiary/aromatic N) is 4. The molecular formula is C32H44N6O5S2. The van der Waals surface area contributed by atoms with Crippen LogP contribution in [0.1, 0.15) is 81.6 Å². The van der Waals surface area contributed by atoms with Crippen LogP contribution in [0, 0.1) is 6.92 Å². The van der Waals surface area contributed by atoms with Gasteiger partial charge in [0.05, 0.1) is 26.1 Å². The predicted molar refractivity (Wildman–Crippen MR) is 175 cm³/mol. The summed E-state index contributed by atoms with van der Waals surface area (Å²) < 4.78 is 41.0.